The number of rotatable bonds is 5. The van der Waals surface area contributed by atoms with Crippen molar-refractivity contribution in [1.82, 2.24) is 25.3 Å². The van der Waals surface area contributed by atoms with Crippen molar-refractivity contribution in [3.63, 3.8) is 0 Å². The molecule has 1 fully saturated rings. The zero-order chi connectivity index (χ0) is 18.4. The third-order valence-corrected chi connectivity index (χ3v) is 3.82. The second kappa shape index (κ2) is 10.3. The van der Waals surface area contributed by atoms with Gasteiger partial charge in [0.25, 0.3) is 0 Å². The maximum absolute atomic E-state index is 12.4. The predicted molar refractivity (Wildman–Crippen MR) is 112 cm³/mol. The lowest BCUT2D eigenvalue weighted by molar-refractivity contribution is -0.122. The Balaban J connectivity index is 0.00000338. The lowest BCUT2D eigenvalue weighted by Crippen LogP contribution is -2.55. The molecule has 0 aliphatic carbocycles. The van der Waals surface area contributed by atoms with Crippen LogP contribution in [0.5, 0.6) is 0 Å². The van der Waals surface area contributed by atoms with E-state index in [0.29, 0.717) is 32.0 Å². The molecule has 0 spiro atoms. The maximum Gasteiger partial charge on any atom is 0.246 e. The van der Waals surface area contributed by atoms with Crippen molar-refractivity contribution in [3.8, 4) is 0 Å². The first kappa shape index (κ1) is 22.2. The van der Waals surface area contributed by atoms with Crippen molar-refractivity contribution in [3.05, 3.63) is 12.4 Å². The molecule has 0 bridgehead atoms. The minimum absolute atomic E-state index is 0. The lowest BCUT2D eigenvalue weighted by atomic mass is 10.3. The molecule has 0 aromatic carbocycles. The number of halogens is 1. The molecule has 9 nitrogen and oxygen atoms in total. The summed E-state index contributed by atoms with van der Waals surface area (Å²) >= 11 is 0. The summed E-state index contributed by atoms with van der Waals surface area (Å²) in [5.74, 6) is 0.631. The van der Waals surface area contributed by atoms with Crippen LogP contribution in [-0.2, 0) is 16.6 Å². The smallest absolute Gasteiger partial charge is 0.246 e. The molecule has 0 unspecified atom stereocenters. The van der Waals surface area contributed by atoms with Crippen LogP contribution in [0.4, 0.5) is 5.69 Å². The van der Waals surface area contributed by atoms with Crippen molar-refractivity contribution in [2.45, 2.75) is 26.3 Å². The molecule has 2 rings (SSSR count). The van der Waals surface area contributed by atoms with Gasteiger partial charge in [-0.15, -0.1) is 24.0 Å². The first-order valence-electron chi connectivity index (χ1n) is 8.44. The fourth-order valence-corrected chi connectivity index (χ4v) is 2.69. The Morgan fingerprint density at radius 2 is 2.12 bits per heavy atom. The Kier molecular flexibility index (Phi) is 8.82. The summed E-state index contributed by atoms with van der Waals surface area (Å²) in [6, 6.07) is 0.130. The SMILES string of the molecule is CN=C(NCCC(=O)NC(C)C)N1CCN(c2cnn(C)c2)C(=O)C1.I. The summed E-state index contributed by atoms with van der Waals surface area (Å²) in [5.41, 5.74) is 0.806. The lowest BCUT2D eigenvalue weighted by Gasteiger charge is -2.35. The quantitative estimate of drug-likeness (QED) is 0.359. The maximum atomic E-state index is 12.4. The summed E-state index contributed by atoms with van der Waals surface area (Å²) in [7, 11) is 3.50. The van der Waals surface area contributed by atoms with Gasteiger partial charge in [-0.1, -0.05) is 0 Å². The summed E-state index contributed by atoms with van der Waals surface area (Å²) in [5, 5.41) is 10.1. The molecule has 1 aromatic rings. The van der Waals surface area contributed by atoms with Crippen LogP contribution in [-0.4, -0.2) is 71.7 Å². The van der Waals surface area contributed by atoms with Gasteiger partial charge < -0.3 is 20.4 Å². The monoisotopic (exact) mass is 477 g/mol. The first-order chi connectivity index (χ1) is 11.9. The van der Waals surface area contributed by atoms with Crippen LogP contribution in [0.2, 0.25) is 0 Å². The minimum atomic E-state index is -0.00423. The third kappa shape index (κ3) is 6.15. The largest absolute Gasteiger partial charge is 0.356 e. The highest BCUT2D eigenvalue weighted by Crippen LogP contribution is 2.15. The second-order valence-electron chi connectivity index (χ2n) is 6.29. The zero-order valence-electron chi connectivity index (χ0n) is 15.7. The van der Waals surface area contributed by atoms with Gasteiger partial charge in [-0.25, -0.2) is 0 Å². The van der Waals surface area contributed by atoms with Gasteiger partial charge in [0.2, 0.25) is 11.8 Å². The third-order valence-electron chi connectivity index (χ3n) is 3.82. The van der Waals surface area contributed by atoms with E-state index in [1.807, 2.05) is 32.0 Å². The molecule has 2 heterocycles. The minimum Gasteiger partial charge on any atom is -0.356 e. The molecular weight excluding hydrogens is 449 g/mol. The van der Waals surface area contributed by atoms with E-state index in [2.05, 4.69) is 20.7 Å². The number of guanidine groups is 1. The molecule has 1 aliphatic rings. The van der Waals surface area contributed by atoms with Gasteiger partial charge in [0, 0.05) is 52.4 Å². The highest BCUT2D eigenvalue weighted by Gasteiger charge is 2.27. The fraction of sp³-hybridized carbons (Fsp3) is 0.625. The second-order valence-corrected chi connectivity index (χ2v) is 6.29. The number of hydrogen-bond donors (Lipinski definition) is 2. The van der Waals surface area contributed by atoms with Crippen LogP contribution in [0.25, 0.3) is 0 Å². The summed E-state index contributed by atoms with van der Waals surface area (Å²) in [4.78, 5) is 32.0. The van der Waals surface area contributed by atoms with Gasteiger partial charge >= 0.3 is 0 Å². The standard InChI is InChI=1S/C16H27N7O2.HI/c1-12(2)20-14(24)5-6-18-16(17-3)22-7-8-23(15(25)11-22)13-9-19-21(4)10-13;/h9-10,12H,5-8,11H2,1-4H3,(H,17,18)(H,20,24);1H. The van der Waals surface area contributed by atoms with Crippen molar-refractivity contribution in [1.29, 1.82) is 0 Å². The Bertz CT molecular complexity index is 644. The van der Waals surface area contributed by atoms with Gasteiger partial charge in [-0.2, -0.15) is 5.10 Å². The molecule has 26 heavy (non-hydrogen) atoms. The topological polar surface area (TPSA) is 94.9 Å². The molecular formula is C16H28IN7O2. The molecule has 2 amide bonds. The van der Waals surface area contributed by atoms with Crippen LogP contribution < -0.4 is 15.5 Å². The number of anilines is 1. The number of aliphatic imine (C=N–C) groups is 1. The number of piperazine rings is 1. The summed E-state index contributed by atoms with van der Waals surface area (Å²) in [6.45, 7) is 5.81. The molecule has 0 atom stereocenters. The molecule has 10 heteroatoms. The summed E-state index contributed by atoms with van der Waals surface area (Å²) < 4.78 is 1.68. The number of aryl methyl sites for hydroxylation is 1. The van der Waals surface area contributed by atoms with Crippen molar-refractivity contribution >= 4 is 47.4 Å². The van der Waals surface area contributed by atoms with Crippen LogP contribution >= 0.6 is 24.0 Å². The highest BCUT2D eigenvalue weighted by atomic mass is 127. The van der Waals surface area contributed by atoms with Gasteiger partial charge in [0.05, 0.1) is 11.9 Å². The number of hydrogen-bond acceptors (Lipinski definition) is 4. The predicted octanol–water partition coefficient (Wildman–Crippen LogP) is 0.177. The number of nitrogens with zero attached hydrogens (tertiary/aromatic N) is 5. The number of aromatic nitrogens is 2. The Labute approximate surface area is 171 Å². The average Bonchev–Trinajstić information content (AvgIpc) is 2.97. The zero-order valence-corrected chi connectivity index (χ0v) is 18.1. The molecule has 146 valence electrons. The van der Waals surface area contributed by atoms with Crippen LogP contribution in [0.15, 0.2) is 17.4 Å². The van der Waals surface area contributed by atoms with Crippen LogP contribution in [0, 0.1) is 0 Å². The highest BCUT2D eigenvalue weighted by molar-refractivity contribution is 14.0. The number of carbonyl (C=O) groups excluding carboxylic acids is 2. The van der Waals surface area contributed by atoms with Crippen molar-refractivity contribution < 1.29 is 9.59 Å². The Morgan fingerprint density at radius 1 is 1.38 bits per heavy atom. The molecule has 1 aliphatic heterocycles. The molecule has 1 saturated heterocycles. The van der Waals surface area contributed by atoms with E-state index in [0.717, 1.165) is 5.69 Å². The van der Waals surface area contributed by atoms with E-state index in [1.165, 1.54) is 0 Å². The number of amides is 2. The number of carbonyl (C=O) groups is 2. The van der Waals surface area contributed by atoms with E-state index in [1.54, 1.807) is 22.8 Å². The van der Waals surface area contributed by atoms with E-state index < -0.39 is 0 Å². The Hall–Kier alpha value is -1.85. The van der Waals surface area contributed by atoms with Crippen LogP contribution in [0.3, 0.4) is 0 Å². The Morgan fingerprint density at radius 3 is 2.65 bits per heavy atom. The van der Waals surface area contributed by atoms with E-state index in [9.17, 15) is 9.59 Å². The first-order valence-corrected chi connectivity index (χ1v) is 8.44. The van der Waals surface area contributed by atoms with Gasteiger partial charge in [-0.3, -0.25) is 19.3 Å². The molecule has 2 N–H and O–H groups in total. The van der Waals surface area contributed by atoms with Crippen LogP contribution in [0.1, 0.15) is 20.3 Å². The molecule has 1 aromatic heterocycles. The van der Waals surface area contributed by atoms with E-state index >= 15 is 0 Å². The van der Waals surface area contributed by atoms with Gasteiger partial charge in [0.15, 0.2) is 5.96 Å². The number of nitrogens with one attached hydrogen (secondary N) is 2. The normalized spacial score (nSPS) is 15.1. The van der Waals surface area contributed by atoms with E-state index in [-0.39, 0.29) is 48.4 Å². The van der Waals surface area contributed by atoms with E-state index in [4.69, 9.17) is 0 Å². The average molecular weight is 477 g/mol. The van der Waals surface area contributed by atoms with Crippen molar-refractivity contribution in [2.75, 3.05) is 38.1 Å². The summed E-state index contributed by atoms with van der Waals surface area (Å²) in [6.07, 6.45) is 3.88. The molecule has 0 radical (unpaired) electrons. The van der Waals surface area contributed by atoms with Gasteiger partial charge in [0.1, 0.15) is 6.54 Å². The van der Waals surface area contributed by atoms with Gasteiger partial charge in [-0.05, 0) is 13.8 Å². The molecule has 0 saturated carbocycles. The fourth-order valence-electron chi connectivity index (χ4n) is 2.69. The van der Waals surface area contributed by atoms with Crippen molar-refractivity contribution in [2.24, 2.45) is 12.0 Å².